The fraction of sp³-hybridized carbons (Fsp3) is 0.0714. The summed E-state index contributed by atoms with van der Waals surface area (Å²) in [5, 5.41) is 11.9. The number of halogens is 1. The summed E-state index contributed by atoms with van der Waals surface area (Å²) >= 11 is 0. The van der Waals surface area contributed by atoms with Gasteiger partial charge in [-0.2, -0.15) is 5.26 Å². The van der Waals surface area contributed by atoms with Crippen LogP contribution in [0.15, 0.2) is 41.3 Å². The second-order valence-electron chi connectivity index (χ2n) is 4.45. The van der Waals surface area contributed by atoms with E-state index in [0.29, 0.717) is 11.4 Å². The Morgan fingerprint density at radius 1 is 1.19 bits per heavy atom. The van der Waals surface area contributed by atoms with E-state index in [1.807, 2.05) is 6.07 Å². The van der Waals surface area contributed by atoms with Crippen LogP contribution in [0.2, 0.25) is 0 Å². The number of anilines is 3. The number of rotatable bonds is 3. The highest BCUT2D eigenvalue weighted by Crippen LogP contribution is 2.27. The smallest absolute Gasteiger partial charge is 0.175 e. The van der Waals surface area contributed by atoms with Gasteiger partial charge in [0.25, 0.3) is 0 Å². The summed E-state index contributed by atoms with van der Waals surface area (Å²) < 4.78 is 35.9. The van der Waals surface area contributed by atoms with E-state index in [4.69, 9.17) is 11.0 Å². The van der Waals surface area contributed by atoms with Crippen LogP contribution in [-0.4, -0.2) is 14.7 Å². The number of nitrogens with two attached hydrogens (primary N) is 1. The van der Waals surface area contributed by atoms with Crippen molar-refractivity contribution in [2.24, 2.45) is 0 Å². The summed E-state index contributed by atoms with van der Waals surface area (Å²) in [6, 6.07) is 9.83. The lowest BCUT2D eigenvalue weighted by molar-refractivity contribution is 0.602. The van der Waals surface area contributed by atoms with Crippen LogP contribution in [-0.2, 0) is 9.84 Å². The van der Waals surface area contributed by atoms with E-state index in [1.54, 1.807) is 0 Å². The molecular weight excluding hydrogens is 293 g/mol. The Balaban J connectivity index is 2.40. The molecule has 0 unspecified atom stereocenters. The maximum Gasteiger partial charge on any atom is 0.175 e. The molecule has 0 aliphatic carbocycles. The molecule has 108 valence electrons. The van der Waals surface area contributed by atoms with Gasteiger partial charge in [0.2, 0.25) is 0 Å². The second-order valence-corrected chi connectivity index (χ2v) is 6.46. The van der Waals surface area contributed by atoms with Gasteiger partial charge in [-0.3, -0.25) is 0 Å². The van der Waals surface area contributed by atoms with Crippen LogP contribution in [0.3, 0.4) is 0 Å². The standard InChI is InChI=1S/C14H12FN3O2S/c1-21(19,20)11-3-5-14(12(17)7-11)18-13-4-2-10(15)6-9(13)8-16/h2-7,18H,17H2,1H3. The van der Waals surface area contributed by atoms with Crippen molar-refractivity contribution in [1.29, 1.82) is 5.26 Å². The van der Waals surface area contributed by atoms with E-state index < -0.39 is 15.7 Å². The highest BCUT2D eigenvalue weighted by molar-refractivity contribution is 7.90. The molecule has 0 aliphatic heterocycles. The van der Waals surface area contributed by atoms with Crippen LogP contribution in [0.5, 0.6) is 0 Å². The van der Waals surface area contributed by atoms with Crippen molar-refractivity contribution in [1.82, 2.24) is 0 Å². The maximum atomic E-state index is 13.1. The zero-order chi connectivity index (χ0) is 15.6. The molecule has 0 radical (unpaired) electrons. The molecule has 21 heavy (non-hydrogen) atoms. The SMILES string of the molecule is CS(=O)(=O)c1ccc(Nc2ccc(F)cc2C#N)c(N)c1. The lowest BCUT2D eigenvalue weighted by Crippen LogP contribution is -2.02. The third-order valence-electron chi connectivity index (χ3n) is 2.82. The minimum atomic E-state index is -3.34. The van der Waals surface area contributed by atoms with Gasteiger partial charge in [0, 0.05) is 6.26 Å². The van der Waals surface area contributed by atoms with Crippen molar-refractivity contribution in [3.05, 3.63) is 47.8 Å². The minimum absolute atomic E-state index is 0.102. The van der Waals surface area contributed by atoms with Crippen molar-refractivity contribution in [2.45, 2.75) is 4.90 Å². The molecule has 5 nitrogen and oxygen atoms in total. The lowest BCUT2D eigenvalue weighted by Gasteiger charge is -2.11. The molecule has 3 N–H and O–H groups in total. The van der Waals surface area contributed by atoms with Crippen LogP contribution in [0.25, 0.3) is 0 Å². The predicted octanol–water partition coefficient (Wildman–Crippen LogP) is 2.43. The van der Waals surface area contributed by atoms with Crippen molar-refractivity contribution in [3.63, 3.8) is 0 Å². The molecule has 0 heterocycles. The molecule has 0 spiro atoms. The van der Waals surface area contributed by atoms with Crippen LogP contribution < -0.4 is 11.1 Å². The summed E-state index contributed by atoms with van der Waals surface area (Å²) in [5.41, 5.74) is 6.97. The van der Waals surface area contributed by atoms with E-state index in [0.717, 1.165) is 12.3 Å². The zero-order valence-corrected chi connectivity index (χ0v) is 11.9. The first kappa shape index (κ1) is 14.8. The average molecular weight is 305 g/mol. The number of nitrogens with one attached hydrogen (secondary N) is 1. The first-order valence-electron chi connectivity index (χ1n) is 5.87. The molecule has 0 aliphatic rings. The number of hydrogen-bond acceptors (Lipinski definition) is 5. The lowest BCUT2D eigenvalue weighted by atomic mass is 10.1. The molecule has 0 saturated heterocycles. The van der Waals surface area contributed by atoms with E-state index in [9.17, 15) is 12.8 Å². The largest absolute Gasteiger partial charge is 0.397 e. The van der Waals surface area contributed by atoms with Gasteiger partial charge in [0.15, 0.2) is 9.84 Å². The fourth-order valence-corrected chi connectivity index (χ4v) is 2.40. The number of sulfone groups is 1. The van der Waals surface area contributed by atoms with Crippen LogP contribution in [0.4, 0.5) is 21.5 Å². The summed E-state index contributed by atoms with van der Waals surface area (Å²) in [6.45, 7) is 0. The monoisotopic (exact) mass is 305 g/mol. The van der Waals surface area contributed by atoms with Gasteiger partial charge in [0.1, 0.15) is 11.9 Å². The number of nitrogens with zero attached hydrogens (tertiary/aromatic N) is 1. The number of nitriles is 1. The summed E-state index contributed by atoms with van der Waals surface area (Å²) in [6.07, 6.45) is 1.09. The first-order valence-corrected chi connectivity index (χ1v) is 7.76. The topological polar surface area (TPSA) is 96.0 Å². The zero-order valence-electron chi connectivity index (χ0n) is 11.1. The van der Waals surface area contributed by atoms with E-state index in [1.165, 1.54) is 30.3 Å². The number of nitrogen functional groups attached to an aromatic ring is 1. The Hall–Kier alpha value is -2.59. The molecular formula is C14H12FN3O2S. The fourth-order valence-electron chi connectivity index (χ4n) is 1.75. The summed E-state index contributed by atoms with van der Waals surface area (Å²) in [4.78, 5) is 0.102. The Kier molecular flexibility index (Phi) is 3.82. The third kappa shape index (κ3) is 3.30. The normalized spacial score (nSPS) is 10.9. The molecule has 2 rings (SSSR count). The third-order valence-corrected chi connectivity index (χ3v) is 3.93. The molecule has 0 bridgehead atoms. The van der Waals surface area contributed by atoms with Gasteiger partial charge in [-0.05, 0) is 36.4 Å². The molecule has 0 fully saturated rings. The van der Waals surface area contributed by atoms with E-state index in [2.05, 4.69) is 5.32 Å². The first-order chi connectivity index (χ1) is 9.81. The molecule has 0 aromatic heterocycles. The van der Waals surface area contributed by atoms with Gasteiger partial charge in [-0.15, -0.1) is 0 Å². The molecule has 0 saturated carbocycles. The number of hydrogen-bond donors (Lipinski definition) is 2. The van der Waals surface area contributed by atoms with Crippen LogP contribution in [0.1, 0.15) is 5.56 Å². The molecule has 2 aromatic rings. The summed E-state index contributed by atoms with van der Waals surface area (Å²) in [5.74, 6) is -0.516. The molecule has 7 heteroatoms. The Morgan fingerprint density at radius 3 is 2.43 bits per heavy atom. The van der Waals surface area contributed by atoms with Crippen molar-refractivity contribution in [2.75, 3.05) is 17.3 Å². The van der Waals surface area contributed by atoms with Gasteiger partial charge in [-0.25, -0.2) is 12.8 Å². The number of benzene rings is 2. The molecule has 0 amide bonds. The minimum Gasteiger partial charge on any atom is -0.397 e. The second kappa shape index (κ2) is 5.42. The van der Waals surface area contributed by atoms with Crippen LogP contribution >= 0.6 is 0 Å². The van der Waals surface area contributed by atoms with Gasteiger partial charge in [0.05, 0.1) is 27.5 Å². The van der Waals surface area contributed by atoms with E-state index >= 15 is 0 Å². The van der Waals surface area contributed by atoms with Gasteiger partial charge in [-0.1, -0.05) is 0 Å². The van der Waals surface area contributed by atoms with E-state index in [-0.39, 0.29) is 16.1 Å². The summed E-state index contributed by atoms with van der Waals surface area (Å²) in [7, 11) is -3.34. The highest BCUT2D eigenvalue weighted by atomic mass is 32.2. The Labute approximate surface area is 121 Å². The Morgan fingerprint density at radius 2 is 1.86 bits per heavy atom. The van der Waals surface area contributed by atoms with Crippen LogP contribution in [0, 0.1) is 17.1 Å². The van der Waals surface area contributed by atoms with Gasteiger partial charge < -0.3 is 11.1 Å². The molecule has 0 atom stereocenters. The quantitative estimate of drug-likeness (QED) is 0.849. The predicted molar refractivity (Wildman–Crippen MR) is 78.4 cm³/mol. The van der Waals surface area contributed by atoms with Gasteiger partial charge >= 0.3 is 0 Å². The maximum absolute atomic E-state index is 13.1. The average Bonchev–Trinajstić information content (AvgIpc) is 2.41. The van der Waals surface area contributed by atoms with Crippen molar-refractivity contribution >= 4 is 26.9 Å². The van der Waals surface area contributed by atoms with Crippen molar-refractivity contribution < 1.29 is 12.8 Å². The molecule has 2 aromatic carbocycles. The van der Waals surface area contributed by atoms with Crippen molar-refractivity contribution in [3.8, 4) is 6.07 Å². The Bertz CT molecular complexity index is 842. The highest BCUT2D eigenvalue weighted by Gasteiger charge is 2.11.